The number of nitrogens with one attached hydrogen (secondary N) is 2. The van der Waals surface area contributed by atoms with Gasteiger partial charge in [-0.15, -0.1) is 0 Å². The lowest BCUT2D eigenvalue weighted by Crippen LogP contribution is -2.50. The molecule has 2 aromatic heterocycles. The second-order valence-corrected chi connectivity index (χ2v) is 8.42. The maximum atomic E-state index is 14.0. The number of hydrogen-bond donors (Lipinski definition) is 2. The number of halogens is 2. The summed E-state index contributed by atoms with van der Waals surface area (Å²) in [7, 11) is 0. The van der Waals surface area contributed by atoms with Crippen molar-refractivity contribution in [1.29, 1.82) is 0 Å². The molecule has 5 rings (SSSR count). The summed E-state index contributed by atoms with van der Waals surface area (Å²) < 4.78 is 33.3. The highest BCUT2D eigenvalue weighted by molar-refractivity contribution is 6.06. The summed E-state index contributed by atoms with van der Waals surface area (Å²) in [6.07, 6.45) is 1.53. The number of benzene rings is 2. The number of amides is 3. The SMILES string of the molecule is Cc1c(C(=O)Nc2ccc(N3CCN(C(=O)Nc4ccccc4F)CC3)nc2)oc2c(F)cccc12. The van der Waals surface area contributed by atoms with Crippen LogP contribution in [0.3, 0.4) is 0 Å². The summed E-state index contributed by atoms with van der Waals surface area (Å²) >= 11 is 0. The Hall–Kier alpha value is -4.47. The third-order valence-corrected chi connectivity index (χ3v) is 6.13. The predicted molar refractivity (Wildman–Crippen MR) is 132 cm³/mol. The van der Waals surface area contributed by atoms with Crippen LogP contribution in [0.1, 0.15) is 16.1 Å². The molecule has 0 saturated carbocycles. The van der Waals surface area contributed by atoms with E-state index in [1.165, 1.54) is 24.4 Å². The van der Waals surface area contributed by atoms with Gasteiger partial charge in [-0.3, -0.25) is 4.79 Å². The number of aromatic nitrogens is 1. The number of hydrogen-bond acceptors (Lipinski definition) is 5. The van der Waals surface area contributed by atoms with Crippen molar-refractivity contribution < 1.29 is 22.8 Å². The number of para-hydroxylation sites is 2. The van der Waals surface area contributed by atoms with Crippen LogP contribution in [-0.4, -0.2) is 48.0 Å². The molecule has 8 nitrogen and oxygen atoms in total. The van der Waals surface area contributed by atoms with E-state index < -0.39 is 17.5 Å². The topological polar surface area (TPSA) is 90.7 Å². The van der Waals surface area contributed by atoms with Gasteiger partial charge in [-0.05, 0) is 37.3 Å². The molecule has 0 spiro atoms. The van der Waals surface area contributed by atoms with Gasteiger partial charge >= 0.3 is 6.03 Å². The molecule has 10 heteroatoms. The minimum Gasteiger partial charge on any atom is -0.448 e. The van der Waals surface area contributed by atoms with Gasteiger partial charge in [0, 0.05) is 37.1 Å². The molecule has 0 unspecified atom stereocenters. The zero-order valence-corrected chi connectivity index (χ0v) is 19.4. The van der Waals surface area contributed by atoms with Gasteiger partial charge in [0.05, 0.1) is 17.6 Å². The molecule has 3 heterocycles. The maximum Gasteiger partial charge on any atom is 0.322 e. The molecular weight excluding hydrogens is 468 g/mol. The molecule has 184 valence electrons. The van der Waals surface area contributed by atoms with E-state index in [4.69, 9.17) is 4.42 Å². The van der Waals surface area contributed by atoms with Gasteiger partial charge in [0.25, 0.3) is 5.91 Å². The second kappa shape index (κ2) is 9.65. The van der Waals surface area contributed by atoms with Gasteiger partial charge in [0.15, 0.2) is 17.2 Å². The molecule has 0 bridgehead atoms. The molecule has 1 aliphatic heterocycles. The first-order valence-corrected chi connectivity index (χ1v) is 11.4. The number of carbonyl (C=O) groups is 2. The molecule has 1 aliphatic rings. The number of aryl methyl sites for hydroxylation is 1. The largest absolute Gasteiger partial charge is 0.448 e. The van der Waals surface area contributed by atoms with Gasteiger partial charge < -0.3 is 24.9 Å². The molecule has 0 atom stereocenters. The Morgan fingerprint density at radius 2 is 1.67 bits per heavy atom. The van der Waals surface area contributed by atoms with E-state index in [1.54, 1.807) is 48.2 Å². The first-order valence-electron chi connectivity index (χ1n) is 11.4. The lowest BCUT2D eigenvalue weighted by molar-refractivity contribution is 0.0997. The van der Waals surface area contributed by atoms with Crippen molar-refractivity contribution in [1.82, 2.24) is 9.88 Å². The van der Waals surface area contributed by atoms with Crippen molar-refractivity contribution in [3.63, 3.8) is 0 Å². The quantitative estimate of drug-likeness (QED) is 0.418. The number of fused-ring (bicyclic) bond motifs is 1. The highest BCUT2D eigenvalue weighted by atomic mass is 19.1. The van der Waals surface area contributed by atoms with Crippen LogP contribution in [0.5, 0.6) is 0 Å². The van der Waals surface area contributed by atoms with Gasteiger partial charge in [0.1, 0.15) is 11.6 Å². The molecule has 4 aromatic rings. The van der Waals surface area contributed by atoms with E-state index in [2.05, 4.69) is 15.6 Å². The van der Waals surface area contributed by atoms with Gasteiger partial charge in [0.2, 0.25) is 0 Å². The molecule has 2 aromatic carbocycles. The fraction of sp³-hybridized carbons (Fsp3) is 0.192. The summed E-state index contributed by atoms with van der Waals surface area (Å²) in [5.41, 5.74) is 1.22. The summed E-state index contributed by atoms with van der Waals surface area (Å²) in [4.78, 5) is 33.3. The molecule has 0 radical (unpaired) electrons. The Balaban J connectivity index is 1.18. The average Bonchev–Trinajstić information content (AvgIpc) is 3.24. The Morgan fingerprint density at radius 3 is 2.36 bits per heavy atom. The van der Waals surface area contributed by atoms with E-state index in [9.17, 15) is 18.4 Å². The Kier molecular flexibility index (Phi) is 6.24. The third-order valence-electron chi connectivity index (χ3n) is 6.13. The number of furan rings is 1. The van der Waals surface area contributed by atoms with Crippen LogP contribution in [0.2, 0.25) is 0 Å². The zero-order valence-electron chi connectivity index (χ0n) is 19.4. The summed E-state index contributed by atoms with van der Waals surface area (Å²) in [6.45, 7) is 3.70. The normalized spacial score (nSPS) is 13.6. The van der Waals surface area contributed by atoms with Crippen molar-refractivity contribution in [2.24, 2.45) is 0 Å². The fourth-order valence-corrected chi connectivity index (χ4v) is 4.16. The predicted octanol–water partition coefficient (Wildman–Crippen LogP) is 5.02. The van der Waals surface area contributed by atoms with Gasteiger partial charge in [-0.25, -0.2) is 18.6 Å². The Labute approximate surface area is 205 Å². The van der Waals surface area contributed by atoms with E-state index in [0.717, 1.165) is 0 Å². The minimum absolute atomic E-state index is 0.0453. The van der Waals surface area contributed by atoms with Crippen LogP contribution < -0.4 is 15.5 Å². The highest BCUT2D eigenvalue weighted by Crippen LogP contribution is 2.28. The smallest absolute Gasteiger partial charge is 0.322 e. The summed E-state index contributed by atoms with van der Waals surface area (Å²) in [5, 5.41) is 5.88. The van der Waals surface area contributed by atoms with Crippen LogP contribution in [0.4, 0.5) is 30.8 Å². The average molecular weight is 491 g/mol. The first-order chi connectivity index (χ1) is 17.4. The number of rotatable bonds is 4. The Morgan fingerprint density at radius 1 is 0.917 bits per heavy atom. The van der Waals surface area contributed by atoms with Gasteiger partial charge in [-0.1, -0.05) is 24.3 Å². The molecule has 1 saturated heterocycles. The third kappa shape index (κ3) is 4.57. The molecule has 1 fully saturated rings. The van der Waals surface area contributed by atoms with E-state index >= 15 is 0 Å². The van der Waals surface area contributed by atoms with Crippen LogP contribution >= 0.6 is 0 Å². The van der Waals surface area contributed by atoms with Crippen LogP contribution in [-0.2, 0) is 0 Å². The number of piperazine rings is 1. The minimum atomic E-state index is -0.523. The lowest BCUT2D eigenvalue weighted by Gasteiger charge is -2.35. The van der Waals surface area contributed by atoms with E-state index in [0.29, 0.717) is 48.6 Å². The number of carbonyl (C=O) groups excluding carboxylic acids is 2. The standard InChI is InChI=1S/C26H23F2N5O3/c1-16-18-5-4-7-20(28)24(18)36-23(16)25(34)30-17-9-10-22(29-15-17)32-11-13-33(14-12-32)26(35)31-21-8-3-2-6-19(21)27/h2-10,15H,11-14H2,1H3,(H,30,34)(H,31,35). The first kappa shape index (κ1) is 23.3. The van der Waals surface area contributed by atoms with E-state index in [1.807, 2.05) is 4.90 Å². The number of urea groups is 1. The summed E-state index contributed by atoms with van der Waals surface area (Å²) in [6, 6.07) is 13.7. The molecule has 0 aliphatic carbocycles. The van der Waals surface area contributed by atoms with Crippen LogP contribution in [0, 0.1) is 18.6 Å². The molecular formula is C26H23F2N5O3. The van der Waals surface area contributed by atoms with Crippen LogP contribution in [0.25, 0.3) is 11.0 Å². The highest BCUT2D eigenvalue weighted by Gasteiger charge is 2.23. The van der Waals surface area contributed by atoms with E-state index in [-0.39, 0.29) is 23.1 Å². The zero-order chi connectivity index (χ0) is 25.2. The van der Waals surface area contributed by atoms with Crippen molar-refractivity contribution in [2.45, 2.75) is 6.92 Å². The van der Waals surface area contributed by atoms with Crippen molar-refractivity contribution >= 4 is 40.1 Å². The molecule has 36 heavy (non-hydrogen) atoms. The van der Waals surface area contributed by atoms with Crippen molar-refractivity contribution in [2.75, 3.05) is 41.7 Å². The fourth-order valence-electron chi connectivity index (χ4n) is 4.16. The number of anilines is 3. The van der Waals surface area contributed by atoms with Gasteiger partial charge in [-0.2, -0.15) is 0 Å². The number of nitrogens with zero attached hydrogens (tertiary/aromatic N) is 3. The van der Waals surface area contributed by atoms with Crippen LogP contribution in [0.15, 0.2) is 65.2 Å². The maximum absolute atomic E-state index is 14.0. The number of pyridine rings is 1. The second-order valence-electron chi connectivity index (χ2n) is 8.42. The Bertz CT molecular complexity index is 1430. The summed E-state index contributed by atoms with van der Waals surface area (Å²) in [5.74, 6) is -0.755. The van der Waals surface area contributed by atoms with Crippen molar-refractivity contribution in [3.05, 3.63) is 83.8 Å². The molecule has 3 amide bonds. The molecule has 2 N–H and O–H groups in total. The van der Waals surface area contributed by atoms with Crippen molar-refractivity contribution in [3.8, 4) is 0 Å². The lowest BCUT2D eigenvalue weighted by atomic mass is 10.1. The monoisotopic (exact) mass is 491 g/mol.